The highest BCUT2D eigenvalue weighted by Crippen LogP contribution is 2.25. The number of hydrogen-bond donors (Lipinski definition) is 1. The summed E-state index contributed by atoms with van der Waals surface area (Å²) < 4.78 is 0. The fraction of sp³-hybridized carbons (Fsp3) is 0.625. The number of rotatable bonds is 3. The number of aromatic hydroxyl groups is 1. The van der Waals surface area contributed by atoms with Gasteiger partial charge in [0.2, 0.25) is 0 Å². The smallest absolute Gasteiger partial charge is 0.121 e. The van der Waals surface area contributed by atoms with Crippen LogP contribution < -0.4 is 0 Å². The zero-order valence-corrected chi connectivity index (χ0v) is 11.9. The molecule has 0 bridgehead atoms. The molecule has 1 saturated heterocycles. The highest BCUT2D eigenvalue weighted by atomic mass is 16.3. The molecule has 1 fully saturated rings. The van der Waals surface area contributed by atoms with Crippen molar-refractivity contribution in [2.45, 2.75) is 46.6 Å². The molecule has 1 N–H and O–H groups in total. The first-order valence-corrected chi connectivity index (χ1v) is 7.11. The Labute approximate surface area is 111 Å². The Hall–Kier alpha value is -1.02. The first-order chi connectivity index (χ1) is 8.60. The SMILES string of the molecule is CCC1CCN(Cc2cc(C)c(O)c(C)c2)CC1. The lowest BCUT2D eigenvalue weighted by molar-refractivity contribution is 0.175. The second kappa shape index (κ2) is 5.75. The fourth-order valence-electron chi connectivity index (χ4n) is 2.95. The molecule has 0 atom stereocenters. The van der Waals surface area contributed by atoms with Gasteiger partial charge in [-0.2, -0.15) is 0 Å². The first-order valence-electron chi connectivity index (χ1n) is 7.11. The minimum absolute atomic E-state index is 0.448. The average molecular weight is 247 g/mol. The largest absolute Gasteiger partial charge is 0.507 e. The van der Waals surface area contributed by atoms with E-state index >= 15 is 0 Å². The van der Waals surface area contributed by atoms with Crippen LogP contribution in [-0.4, -0.2) is 23.1 Å². The van der Waals surface area contributed by atoms with Crippen LogP contribution in [0.4, 0.5) is 0 Å². The Balaban J connectivity index is 1.98. The number of benzene rings is 1. The third-order valence-electron chi connectivity index (χ3n) is 4.24. The van der Waals surface area contributed by atoms with Crippen LogP contribution >= 0.6 is 0 Å². The summed E-state index contributed by atoms with van der Waals surface area (Å²) in [6, 6.07) is 4.24. The maximum atomic E-state index is 9.79. The molecule has 2 rings (SSSR count). The number of piperidine rings is 1. The van der Waals surface area contributed by atoms with Crippen molar-refractivity contribution < 1.29 is 5.11 Å². The lowest BCUT2D eigenvalue weighted by atomic mass is 9.94. The van der Waals surface area contributed by atoms with E-state index in [4.69, 9.17) is 0 Å². The Bertz CT molecular complexity index is 383. The summed E-state index contributed by atoms with van der Waals surface area (Å²) in [4.78, 5) is 2.54. The molecule has 0 unspecified atom stereocenters. The zero-order chi connectivity index (χ0) is 13.1. The van der Waals surface area contributed by atoms with Gasteiger partial charge in [0.15, 0.2) is 0 Å². The highest BCUT2D eigenvalue weighted by Gasteiger charge is 2.18. The van der Waals surface area contributed by atoms with Gasteiger partial charge in [-0.15, -0.1) is 0 Å². The van der Waals surface area contributed by atoms with Crippen molar-refractivity contribution >= 4 is 0 Å². The molecule has 2 heteroatoms. The molecule has 0 aromatic heterocycles. The summed E-state index contributed by atoms with van der Waals surface area (Å²) in [5.41, 5.74) is 3.32. The van der Waals surface area contributed by atoms with Crippen molar-refractivity contribution in [3.63, 3.8) is 0 Å². The molecule has 1 aliphatic rings. The summed E-state index contributed by atoms with van der Waals surface area (Å²) in [5, 5.41) is 9.79. The molecule has 1 heterocycles. The third-order valence-corrected chi connectivity index (χ3v) is 4.24. The van der Waals surface area contributed by atoms with Crippen molar-refractivity contribution in [2.75, 3.05) is 13.1 Å². The number of hydrogen-bond acceptors (Lipinski definition) is 2. The summed E-state index contributed by atoms with van der Waals surface area (Å²) in [6.07, 6.45) is 4.00. The van der Waals surface area contributed by atoms with Gasteiger partial charge in [0.1, 0.15) is 5.75 Å². The number of phenolic OH excluding ortho intramolecular Hbond substituents is 1. The topological polar surface area (TPSA) is 23.5 Å². The van der Waals surface area contributed by atoms with Gasteiger partial charge in [-0.25, -0.2) is 0 Å². The predicted octanol–water partition coefficient (Wildman–Crippen LogP) is 3.63. The van der Waals surface area contributed by atoms with Gasteiger partial charge in [-0.1, -0.05) is 25.5 Å². The van der Waals surface area contributed by atoms with Crippen LogP contribution in [0.5, 0.6) is 5.75 Å². The lowest BCUT2D eigenvalue weighted by Crippen LogP contribution is -2.33. The lowest BCUT2D eigenvalue weighted by Gasteiger charge is -2.31. The Morgan fingerprint density at radius 3 is 2.22 bits per heavy atom. The van der Waals surface area contributed by atoms with E-state index in [2.05, 4.69) is 24.0 Å². The van der Waals surface area contributed by atoms with E-state index in [0.29, 0.717) is 5.75 Å². The van der Waals surface area contributed by atoms with Crippen LogP contribution in [0, 0.1) is 19.8 Å². The first kappa shape index (κ1) is 13.4. The second-order valence-corrected chi connectivity index (χ2v) is 5.71. The molecule has 100 valence electrons. The second-order valence-electron chi connectivity index (χ2n) is 5.71. The molecule has 0 amide bonds. The van der Waals surface area contributed by atoms with Crippen LogP contribution in [0.3, 0.4) is 0 Å². The third kappa shape index (κ3) is 3.05. The molecule has 0 radical (unpaired) electrons. The average Bonchev–Trinajstić information content (AvgIpc) is 2.37. The summed E-state index contributed by atoms with van der Waals surface area (Å²) in [5.74, 6) is 1.38. The number of likely N-dealkylation sites (tertiary alicyclic amines) is 1. The monoisotopic (exact) mass is 247 g/mol. The van der Waals surface area contributed by atoms with E-state index < -0.39 is 0 Å². The fourth-order valence-corrected chi connectivity index (χ4v) is 2.95. The maximum Gasteiger partial charge on any atom is 0.121 e. The molecular formula is C16H25NO. The van der Waals surface area contributed by atoms with E-state index in [9.17, 15) is 5.11 Å². The molecule has 0 saturated carbocycles. The van der Waals surface area contributed by atoms with Crippen molar-refractivity contribution in [1.82, 2.24) is 4.90 Å². The number of nitrogens with zero attached hydrogens (tertiary/aromatic N) is 1. The van der Waals surface area contributed by atoms with Crippen LogP contribution in [0.1, 0.15) is 42.9 Å². The predicted molar refractivity (Wildman–Crippen MR) is 75.9 cm³/mol. The summed E-state index contributed by atoms with van der Waals surface area (Å²) >= 11 is 0. The van der Waals surface area contributed by atoms with Crippen molar-refractivity contribution in [3.05, 3.63) is 28.8 Å². The van der Waals surface area contributed by atoms with Crippen LogP contribution in [0.2, 0.25) is 0 Å². The van der Waals surface area contributed by atoms with E-state index in [1.807, 2.05) is 13.8 Å². The van der Waals surface area contributed by atoms with E-state index in [1.54, 1.807) is 0 Å². The van der Waals surface area contributed by atoms with Gasteiger partial charge >= 0.3 is 0 Å². The number of aryl methyl sites for hydroxylation is 2. The molecule has 2 nitrogen and oxygen atoms in total. The molecule has 1 aromatic rings. The van der Waals surface area contributed by atoms with Gasteiger partial charge in [0.05, 0.1) is 0 Å². The summed E-state index contributed by atoms with van der Waals surface area (Å²) in [7, 11) is 0. The molecular weight excluding hydrogens is 222 g/mol. The van der Waals surface area contributed by atoms with E-state index in [1.165, 1.54) is 37.9 Å². The van der Waals surface area contributed by atoms with Gasteiger partial charge < -0.3 is 5.11 Å². The van der Waals surface area contributed by atoms with E-state index in [0.717, 1.165) is 23.6 Å². The maximum absolute atomic E-state index is 9.79. The molecule has 0 spiro atoms. The minimum atomic E-state index is 0.448. The summed E-state index contributed by atoms with van der Waals surface area (Å²) in [6.45, 7) is 9.73. The zero-order valence-electron chi connectivity index (χ0n) is 11.9. The Kier molecular flexibility index (Phi) is 4.28. The Morgan fingerprint density at radius 2 is 1.72 bits per heavy atom. The normalized spacial score (nSPS) is 18.2. The molecule has 1 aromatic carbocycles. The molecule has 1 aliphatic heterocycles. The van der Waals surface area contributed by atoms with Gasteiger partial charge in [0, 0.05) is 6.54 Å². The van der Waals surface area contributed by atoms with Gasteiger partial charge in [-0.3, -0.25) is 4.90 Å². The van der Waals surface area contributed by atoms with E-state index in [-0.39, 0.29) is 0 Å². The minimum Gasteiger partial charge on any atom is -0.507 e. The molecule has 18 heavy (non-hydrogen) atoms. The van der Waals surface area contributed by atoms with Crippen LogP contribution in [0.25, 0.3) is 0 Å². The van der Waals surface area contributed by atoms with Crippen LogP contribution in [-0.2, 0) is 6.54 Å². The van der Waals surface area contributed by atoms with Gasteiger partial charge in [-0.05, 0) is 62.4 Å². The molecule has 0 aliphatic carbocycles. The van der Waals surface area contributed by atoms with Gasteiger partial charge in [0.25, 0.3) is 0 Å². The quantitative estimate of drug-likeness (QED) is 0.881. The van der Waals surface area contributed by atoms with Crippen molar-refractivity contribution in [1.29, 1.82) is 0 Å². The highest BCUT2D eigenvalue weighted by molar-refractivity contribution is 5.42. The standard InChI is InChI=1S/C16H25NO/c1-4-14-5-7-17(8-6-14)11-15-9-12(2)16(18)13(3)10-15/h9-10,14,18H,4-8,11H2,1-3H3. The number of phenols is 1. The van der Waals surface area contributed by atoms with Crippen LogP contribution in [0.15, 0.2) is 12.1 Å². The van der Waals surface area contributed by atoms with Crippen molar-refractivity contribution in [2.24, 2.45) is 5.92 Å². The Morgan fingerprint density at radius 1 is 1.17 bits per heavy atom. The van der Waals surface area contributed by atoms with Crippen molar-refractivity contribution in [3.8, 4) is 5.75 Å².